The van der Waals surface area contributed by atoms with Gasteiger partial charge in [-0.05, 0) is 23.8 Å². The summed E-state index contributed by atoms with van der Waals surface area (Å²) in [6.07, 6.45) is 2.43. The van der Waals surface area contributed by atoms with Gasteiger partial charge in [-0.25, -0.2) is 4.98 Å². The van der Waals surface area contributed by atoms with Crippen LogP contribution < -0.4 is 5.32 Å². The second-order valence-electron chi connectivity index (χ2n) is 4.87. The summed E-state index contributed by atoms with van der Waals surface area (Å²) in [7, 11) is 0. The maximum Gasteiger partial charge on any atom is 0.291 e. The molecule has 0 aliphatic carbocycles. The number of anilines is 1. The number of hydrogen-bond acceptors (Lipinski definition) is 2. The predicted octanol–water partition coefficient (Wildman–Crippen LogP) is 3.91. The first-order valence-corrected chi connectivity index (χ1v) is 7.23. The third-order valence-electron chi connectivity index (χ3n) is 3.16. The zero-order chi connectivity index (χ0) is 15.4. The molecule has 4 nitrogen and oxygen atoms in total. The Morgan fingerprint density at radius 3 is 2.73 bits per heavy atom. The first kappa shape index (κ1) is 14.4. The third-order valence-corrected chi connectivity index (χ3v) is 3.39. The molecule has 3 rings (SSSR count). The lowest BCUT2D eigenvalue weighted by Gasteiger charge is -2.03. The van der Waals surface area contributed by atoms with Crippen LogP contribution in [0.5, 0.6) is 0 Å². The molecule has 0 atom stereocenters. The Labute approximate surface area is 133 Å². The van der Waals surface area contributed by atoms with Gasteiger partial charge >= 0.3 is 0 Å². The van der Waals surface area contributed by atoms with Crippen molar-refractivity contribution in [3.8, 4) is 0 Å². The lowest BCUT2D eigenvalue weighted by molar-refractivity contribution is 0.101. The fourth-order valence-corrected chi connectivity index (χ4v) is 2.32. The van der Waals surface area contributed by atoms with Crippen LogP contribution in [0, 0.1) is 0 Å². The number of halogens is 1. The lowest BCUT2D eigenvalue weighted by Crippen LogP contribution is -2.13. The number of hydrogen-bond donors (Lipinski definition) is 2. The first-order valence-electron chi connectivity index (χ1n) is 6.86. The molecule has 2 aromatic carbocycles. The molecule has 0 aliphatic heterocycles. The van der Waals surface area contributed by atoms with E-state index in [0.717, 1.165) is 11.3 Å². The number of benzene rings is 2. The van der Waals surface area contributed by atoms with E-state index in [9.17, 15) is 4.79 Å². The Bertz CT molecular complexity index is 783. The summed E-state index contributed by atoms with van der Waals surface area (Å²) in [5, 5.41) is 3.33. The average molecular weight is 312 g/mol. The Balaban J connectivity index is 1.69. The quantitative estimate of drug-likeness (QED) is 0.767. The number of carbonyl (C=O) groups is 1. The number of aromatic amines is 1. The molecule has 1 heterocycles. The monoisotopic (exact) mass is 311 g/mol. The molecular weight excluding hydrogens is 298 g/mol. The Morgan fingerprint density at radius 1 is 1.14 bits per heavy atom. The van der Waals surface area contributed by atoms with Crippen molar-refractivity contribution in [3.05, 3.63) is 82.9 Å². The number of imidazole rings is 1. The summed E-state index contributed by atoms with van der Waals surface area (Å²) in [6, 6.07) is 17.0. The van der Waals surface area contributed by atoms with Crippen molar-refractivity contribution >= 4 is 23.2 Å². The number of carbonyl (C=O) groups excluding carboxylic acids is 1. The van der Waals surface area contributed by atoms with Gasteiger partial charge in [0.2, 0.25) is 0 Å². The minimum atomic E-state index is -0.290. The minimum Gasteiger partial charge on any atom is -0.340 e. The Kier molecular flexibility index (Phi) is 4.21. The highest BCUT2D eigenvalue weighted by Crippen LogP contribution is 2.15. The van der Waals surface area contributed by atoms with Crippen molar-refractivity contribution in [3.63, 3.8) is 0 Å². The molecular formula is C17H14ClN3O. The van der Waals surface area contributed by atoms with E-state index < -0.39 is 0 Å². The van der Waals surface area contributed by atoms with Crippen LogP contribution in [0.1, 0.15) is 21.9 Å². The SMILES string of the molecule is O=C(Nc1cccc(Cl)c1)c1nc(Cc2ccccc2)c[nH]1. The van der Waals surface area contributed by atoms with Gasteiger partial charge in [0.1, 0.15) is 0 Å². The number of nitrogens with one attached hydrogen (secondary N) is 2. The molecule has 0 bridgehead atoms. The van der Waals surface area contributed by atoms with Crippen molar-refractivity contribution in [1.82, 2.24) is 9.97 Å². The number of amides is 1. The second-order valence-corrected chi connectivity index (χ2v) is 5.30. The zero-order valence-corrected chi connectivity index (χ0v) is 12.5. The first-order chi connectivity index (χ1) is 10.7. The van der Waals surface area contributed by atoms with E-state index in [1.807, 2.05) is 30.3 Å². The van der Waals surface area contributed by atoms with Crippen LogP contribution in [0.15, 0.2) is 60.8 Å². The van der Waals surface area contributed by atoms with Crippen molar-refractivity contribution in [2.75, 3.05) is 5.32 Å². The molecule has 0 fully saturated rings. The summed E-state index contributed by atoms with van der Waals surface area (Å²) in [5.41, 5.74) is 2.61. The second kappa shape index (κ2) is 6.45. The topological polar surface area (TPSA) is 57.8 Å². The third kappa shape index (κ3) is 3.54. The largest absolute Gasteiger partial charge is 0.340 e. The highest BCUT2D eigenvalue weighted by atomic mass is 35.5. The highest BCUT2D eigenvalue weighted by molar-refractivity contribution is 6.30. The molecule has 110 valence electrons. The van der Waals surface area contributed by atoms with Gasteiger partial charge in [-0.15, -0.1) is 0 Å². The van der Waals surface area contributed by atoms with Crippen molar-refractivity contribution in [2.45, 2.75) is 6.42 Å². The molecule has 1 amide bonds. The molecule has 2 N–H and O–H groups in total. The number of nitrogens with zero attached hydrogens (tertiary/aromatic N) is 1. The van der Waals surface area contributed by atoms with Crippen LogP contribution in [0.2, 0.25) is 5.02 Å². The lowest BCUT2D eigenvalue weighted by atomic mass is 10.1. The standard InChI is InChI=1S/C17H14ClN3O/c18-13-7-4-8-14(10-13)21-17(22)16-19-11-15(20-16)9-12-5-2-1-3-6-12/h1-8,10-11H,9H2,(H,19,20)(H,21,22). The molecule has 5 heteroatoms. The molecule has 1 aromatic heterocycles. The van der Waals surface area contributed by atoms with E-state index in [4.69, 9.17) is 11.6 Å². The zero-order valence-electron chi connectivity index (χ0n) is 11.7. The fourth-order valence-electron chi connectivity index (χ4n) is 2.13. The number of H-pyrrole nitrogens is 1. The van der Waals surface area contributed by atoms with Gasteiger partial charge in [-0.2, -0.15) is 0 Å². The van der Waals surface area contributed by atoms with Gasteiger partial charge < -0.3 is 10.3 Å². The van der Waals surface area contributed by atoms with Gasteiger partial charge in [0.25, 0.3) is 5.91 Å². The van der Waals surface area contributed by atoms with E-state index in [2.05, 4.69) is 15.3 Å². The molecule has 0 saturated carbocycles. The van der Waals surface area contributed by atoms with Gasteiger partial charge in [0.05, 0.1) is 5.69 Å². The minimum absolute atomic E-state index is 0.283. The summed E-state index contributed by atoms with van der Waals surface area (Å²) in [6.45, 7) is 0. The van der Waals surface area contributed by atoms with Crippen LogP contribution >= 0.6 is 11.6 Å². The van der Waals surface area contributed by atoms with E-state index in [1.54, 1.807) is 30.5 Å². The molecule has 0 unspecified atom stereocenters. The Morgan fingerprint density at radius 2 is 1.95 bits per heavy atom. The van der Waals surface area contributed by atoms with Crippen molar-refractivity contribution in [1.29, 1.82) is 0 Å². The Hall–Kier alpha value is -2.59. The van der Waals surface area contributed by atoms with Gasteiger partial charge in [0.15, 0.2) is 5.82 Å². The summed E-state index contributed by atoms with van der Waals surface area (Å²) >= 11 is 5.89. The molecule has 0 radical (unpaired) electrons. The number of rotatable bonds is 4. The van der Waals surface area contributed by atoms with Gasteiger partial charge in [0, 0.05) is 23.3 Å². The van der Waals surface area contributed by atoms with Crippen LogP contribution in [0.4, 0.5) is 5.69 Å². The maximum atomic E-state index is 12.1. The molecule has 0 spiro atoms. The van der Waals surface area contributed by atoms with E-state index in [1.165, 1.54) is 0 Å². The summed E-state index contributed by atoms with van der Waals surface area (Å²) in [4.78, 5) is 19.4. The van der Waals surface area contributed by atoms with E-state index >= 15 is 0 Å². The van der Waals surface area contributed by atoms with Crippen LogP contribution in [0.25, 0.3) is 0 Å². The fraction of sp³-hybridized carbons (Fsp3) is 0.0588. The molecule has 0 aliphatic rings. The van der Waals surface area contributed by atoms with Crippen molar-refractivity contribution < 1.29 is 4.79 Å². The molecule has 22 heavy (non-hydrogen) atoms. The number of aromatic nitrogens is 2. The highest BCUT2D eigenvalue weighted by Gasteiger charge is 2.11. The summed E-state index contributed by atoms with van der Waals surface area (Å²) < 4.78 is 0. The maximum absolute atomic E-state index is 12.1. The van der Waals surface area contributed by atoms with Gasteiger partial charge in [-0.3, -0.25) is 4.79 Å². The summed E-state index contributed by atoms with van der Waals surface area (Å²) in [5.74, 6) is -0.00696. The van der Waals surface area contributed by atoms with Crippen LogP contribution in [-0.2, 0) is 6.42 Å². The smallest absolute Gasteiger partial charge is 0.291 e. The van der Waals surface area contributed by atoms with Crippen molar-refractivity contribution in [2.24, 2.45) is 0 Å². The van der Waals surface area contributed by atoms with Crippen LogP contribution in [-0.4, -0.2) is 15.9 Å². The molecule has 3 aromatic rings. The van der Waals surface area contributed by atoms with E-state index in [-0.39, 0.29) is 11.7 Å². The normalized spacial score (nSPS) is 10.4. The van der Waals surface area contributed by atoms with Gasteiger partial charge in [-0.1, -0.05) is 48.0 Å². The van der Waals surface area contributed by atoms with E-state index in [0.29, 0.717) is 17.1 Å². The predicted molar refractivity (Wildman–Crippen MR) is 87.2 cm³/mol. The molecule has 0 saturated heterocycles. The average Bonchev–Trinajstić information content (AvgIpc) is 2.97. The van der Waals surface area contributed by atoms with Crippen LogP contribution in [0.3, 0.4) is 0 Å².